The number of morpholine rings is 1. The van der Waals surface area contributed by atoms with Gasteiger partial charge < -0.3 is 20.1 Å². The van der Waals surface area contributed by atoms with E-state index in [1.807, 2.05) is 0 Å². The summed E-state index contributed by atoms with van der Waals surface area (Å²) in [5.74, 6) is 0.118. The van der Waals surface area contributed by atoms with E-state index >= 15 is 0 Å². The minimum Gasteiger partial charge on any atom is -0.388 e. The van der Waals surface area contributed by atoms with Crippen molar-refractivity contribution in [3.8, 4) is 0 Å². The van der Waals surface area contributed by atoms with Crippen LogP contribution in [0.2, 0.25) is 0 Å². The van der Waals surface area contributed by atoms with Crippen molar-refractivity contribution in [2.24, 2.45) is 0 Å². The molecule has 17 heavy (non-hydrogen) atoms. The number of amides is 1. The number of nitrogens with one attached hydrogen (secondary N) is 1. The van der Waals surface area contributed by atoms with E-state index in [9.17, 15) is 9.90 Å². The van der Waals surface area contributed by atoms with Crippen molar-refractivity contribution in [3.05, 3.63) is 0 Å². The Kier molecular flexibility index (Phi) is 4.01. The van der Waals surface area contributed by atoms with Crippen LogP contribution in [-0.4, -0.2) is 60.4 Å². The van der Waals surface area contributed by atoms with Gasteiger partial charge in [-0.1, -0.05) is 0 Å². The average Bonchev–Trinajstić information content (AvgIpc) is 2.29. The van der Waals surface area contributed by atoms with E-state index in [-0.39, 0.29) is 11.9 Å². The van der Waals surface area contributed by atoms with Crippen LogP contribution in [0.25, 0.3) is 0 Å². The Bertz CT molecular complexity index is 275. The van der Waals surface area contributed by atoms with E-state index < -0.39 is 5.60 Å². The van der Waals surface area contributed by atoms with Gasteiger partial charge in [0.05, 0.1) is 18.8 Å². The van der Waals surface area contributed by atoms with Crippen LogP contribution in [0.5, 0.6) is 0 Å². The molecule has 5 heteroatoms. The van der Waals surface area contributed by atoms with Crippen molar-refractivity contribution in [3.63, 3.8) is 0 Å². The Morgan fingerprint density at radius 2 is 2.47 bits per heavy atom. The summed E-state index contributed by atoms with van der Waals surface area (Å²) in [4.78, 5) is 13.9. The molecule has 0 aliphatic carbocycles. The maximum Gasteiger partial charge on any atom is 0.224 e. The second kappa shape index (κ2) is 5.33. The van der Waals surface area contributed by atoms with Gasteiger partial charge in [0, 0.05) is 32.1 Å². The van der Waals surface area contributed by atoms with Gasteiger partial charge in [-0.05, 0) is 19.8 Å². The van der Waals surface area contributed by atoms with E-state index in [2.05, 4.69) is 5.32 Å². The van der Waals surface area contributed by atoms with Gasteiger partial charge in [0.25, 0.3) is 0 Å². The second-order valence-corrected chi connectivity index (χ2v) is 5.35. The van der Waals surface area contributed by atoms with Gasteiger partial charge in [-0.2, -0.15) is 0 Å². The van der Waals surface area contributed by atoms with Crippen molar-refractivity contribution >= 4 is 5.91 Å². The number of likely N-dealkylation sites (tertiary alicyclic amines) is 1. The highest BCUT2D eigenvalue weighted by Crippen LogP contribution is 2.21. The maximum atomic E-state index is 12.1. The van der Waals surface area contributed by atoms with Crippen LogP contribution in [0.15, 0.2) is 0 Å². The van der Waals surface area contributed by atoms with Gasteiger partial charge >= 0.3 is 0 Å². The molecule has 2 aliphatic rings. The standard InChI is InChI=1S/C12H22N2O3/c1-12(16)3-2-5-14(9-12)11(15)7-10-8-17-6-4-13-10/h10,13,16H,2-9H2,1H3. The van der Waals surface area contributed by atoms with Crippen LogP contribution < -0.4 is 5.32 Å². The van der Waals surface area contributed by atoms with Crippen LogP contribution in [0.4, 0.5) is 0 Å². The van der Waals surface area contributed by atoms with E-state index in [1.54, 1.807) is 11.8 Å². The Hall–Kier alpha value is -0.650. The lowest BCUT2D eigenvalue weighted by molar-refractivity contribution is -0.138. The Morgan fingerprint density at radius 1 is 1.65 bits per heavy atom. The van der Waals surface area contributed by atoms with Crippen molar-refractivity contribution in [1.82, 2.24) is 10.2 Å². The monoisotopic (exact) mass is 242 g/mol. The normalized spacial score (nSPS) is 34.7. The molecule has 0 saturated carbocycles. The fourth-order valence-corrected chi connectivity index (χ4v) is 2.52. The summed E-state index contributed by atoms with van der Waals surface area (Å²) in [5.41, 5.74) is -0.718. The van der Waals surface area contributed by atoms with Crippen LogP contribution in [0.1, 0.15) is 26.2 Å². The number of hydrogen-bond acceptors (Lipinski definition) is 4. The van der Waals surface area contributed by atoms with E-state index in [1.165, 1.54) is 0 Å². The van der Waals surface area contributed by atoms with Crippen molar-refractivity contribution in [2.75, 3.05) is 32.8 Å². The van der Waals surface area contributed by atoms with Gasteiger partial charge in [0.2, 0.25) is 5.91 Å². The Labute approximate surface area is 102 Å². The first-order chi connectivity index (χ1) is 8.07. The molecule has 0 aromatic carbocycles. The highest BCUT2D eigenvalue weighted by atomic mass is 16.5. The number of β-amino-alcohol motifs (C(OH)–C–C–N with tert-alkyl or cyclic N) is 1. The van der Waals surface area contributed by atoms with Crippen molar-refractivity contribution in [2.45, 2.75) is 37.8 Å². The first kappa shape index (κ1) is 12.8. The molecule has 98 valence electrons. The number of carbonyl (C=O) groups is 1. The number of hydrogen-bond donors (Lipinski definition) is 2. The number of carbonyl (C=O) groups excluding carboxylic acids is 1. The van der Waals surface area contributed by atoms with E-state index in [4.69, 9.17) is 4.74 Å². The first-order valence-electron chi connectivity index (χ1n) is 6.38. The number of aliphatic hydroxyl groups is 1. The summed E-state index contributed by atoms with van der Waals surface area (Å²) in [7, 11) is 0. The first-order valence-corrected chi connectivity index (χ1v) is 6.38. The zero-order chi connectivity index (χ0) is 12.3. The van der Waals surface area contributed by atoms with Gasteiger partial charge in [0.1, 0.15) is 0 Å². The molecule has 2 heterocycles. The molecule has 1 amide bonds. The molecule has 0 bridgehead atoms. The minimum absolute atomic E-state index is 0.118. The molecular formula is C12H22N2O3. The van der Waals surface area contributed by atoms with Gasteiger partial charge in [-0.15, -0.1) is 0 Å². The molecule has 2 saturated heterocycles. The molecular weight excluding hydrogens is 220 g/mol. The zero-order valence-electron chi connectivity index (χ0n) is 10.4. The predicted molar refractivity (Wildman–Crippen MR) is 63.7 cm³/mol. The quantitative estimate of drug-likeness (QED) is 0.700. The molecule has 2 aliphatic heterocycles. The molecule has 0 radical (unpaired) electrons. The summed E-state index contributed by atoms with van der Waals surface area (Å²) in [5, 5.41) is 13.2. The summed E-state index contributed by atoms with van der Waals surface area (Å²) in [6.45, 7) is 5.17. The van der Waals surface area contributed by atoms with Crippen molar-refractivity contribution in [1.29, 1.82) is 0 Å². The third-order valence-electron chi connectivity index (χ3n) is 3.45. The minimum atomic E-state index is -0.718. The fraction of sp³-hybridized carbons (Fsp3) is 0.917. The number of rotatable bonds is 2. The third-order valence-corrected chi connectivity index (χ3v) is 3.45. The summed E-state index contributed by atoms with van der Waals surface area (Å²) in [6.07, 6.45) is 2.13. The SMILES string of the molecule is CC1(O)CCCN(C(=O)CC2COCCN2)C1. The molecule has 2 unspecified atom stereocenters. The van der Waals surface area contributed by atoms with Crippen LogP contribution in [0.3, 0.4) is 0 Å². The molecule has 2 atom stereocenters. The smallest absolute Gasteiger partial charge is 0.224 e. The highest BCUT2D eigenvalue weighted by Gasteiger charge is 2.31. The zero-order valence-corrected chi connectivity index (χ0v) is 10.4. The third kappa shape index (κ3) is 3.66. The molecule has 2 fully saturated rings. The Morgan fingerprint density at radius 3 is 3.12 bits per heavy atom. The van der Waals surface area contributed by atoms with Crippen molar-refractivity contribution < 1.29 is 14.6 Å². The largest absolute Gasteiger partial charge is 0.388 e. The van der Waals surface area contributed by atoms with Crippen LogP contribution in [-0.2, 0) is 9.53 Å². The molecule has 5 nitrogen and oxygen atoms in total. The molecule has 2 N–H and O–H groups in total. The summed E-state index contributed by atoms with van der Waals surface area (Å²) < 4.78 is 5.33. The summed E-state index contributed by atoms with van der Waals surface area (Å²) in [6, 6.07) is 0.128. The summed E-state index contributed by atoms with van der Waals surface area (Å²) >= 11 is 0. The average molecular weight is 242 g/mol. The highest BCUT2D eigenvalue weighted by molar-refractivity contribution is 5.77. The van der Waals surface area contributed by atoms with E-state index in [0.29, 0.717) is 19.6 Å². The number of ether oxygens (including phenoxy) is 1. The number of piperidine rings is 1. The number of nitrogens with zero attached hydrogens (tertiary/aromatic N) is 1. The molecule has 0 spiro atoms. The fourth-order valence-electron chi connectivity index (χ4n) is 2.52. The molecule has 0 aromatic heterocycles. The lowest BCUT2D eigenvalue weighted by Gasteiger charge is -2.37. The van der Waals surface area contributed by atoms with Gasteiger partial charge in [-0.25, -0.2) is 0 Å². The Balaban J connectivity index is 1.82. The predicted octanol–water partition coefficient (Wildman–Crippen LogP) is -0.262. The molecule has 2 rings (SSSR count). The molecule has 0 aromatic rings. The lowest BCUT2D eigenvalue weighted by Crippen LogP contribution is -2.51. The van der Waals surface area contributed by atoms with Crippen LogP contribution >= 0.6 is 0 Å². The van der Waals surface area contributed by atoms with Crippen LogP contribution in [0, 0.1) is 0 Å². The topological polar surface area (TPSA) is 61.8 Å². The lowest BCUT2D eigenvalue weighted by atomic mass is 9.95. The van der Waals surface area contributed by atoms with Gasteiger partial charge in [-0.3, -0.25) is 4.79 Å². The van der Waals surface area contributed by atoms with E-state index in [0.717, 1.165) is 32.5 Å². The van der Waals surface area contributed by atoms with Gasteiger partial charge in [0.15, 0.2) is 0 Å². The maximum absolute atomic E-state index is 12.1. The second-order valence-electron chi connectivity index (χ2n) is 5.35.